The molecule has 3 aromatic rings. The number of amides is 2. The van der Waals surface area contributed by atoms with Crippen molar-refractivity contribution in [1.82, 2.24) is 0 Å². The van der Waals surface area contributed by atoms with Gasteiger partial charge in [0.1, 0.15) is 0 Å². The van der Waals surface area contributed by atoms with Gasteiger partial charge >= 0.3 is 0 Å². The number of thioether (sulfide) groups is 1. The summed E-state index contributed by atoms with van der Waals surface area (Å²) in [5, 5.41) is 6.37. The topological polar surface area (TPSA) is 58.2 Å². The van der Waals surface area contributed by atoms with Gasteiger partial charge in [-0.3, -0.25) is 9.59 Å². The second kappa shape index (κ2) is 9.97. The van der Waals surface area contributed by atoms with Crippen LogP contribution in [0.2, 0.25) is 5.02 Å². The van der Waals surface area contributed by atoms with Crippen LogP contribution in [-0.2, 0) is 16.0 Å². The van der Waals surface area contributed by atoms with Crippen LogP contribution >= 0.6 is 23.4 Å². The Kier molecular flexibility index (Phi) is 7.12. The van der Waals surface area contributed by atoms with Gasteiger partial charge in [-0.25, -0.2) is 0 Å². The largest absolute Gasteiger partial charge is 0.326 e. The summed E-state index contributed by atoms with van der Waals surface area (Å²) in [6.07, 6.45) is 0.321. The number of carbonyl (C=O) groups is 2. The van der Waals surface area contributed by atoms with Crippen LogP contribution in [0.3, 0.4) is 0 Å². The molecular formula is C22H19ClN2O2S. The van der Waals surface area contributed by atoms with Crippen LogP contribution in [0.5, 0.6) is 0 Å². The number of anilines is 2. The van der Waals surface area contributed by atoms with Crippen molar-refractivity contribution < 1.29 is 9.59 Å². The van der Waals surface area contributed by atoms with Crippen LogP contribution in [0.1, 0.15) is 5.56 Å². The Morgan fingerprint density at radius 2 is 1.32 bits per heavy atom. The van der Waals surface area contributed by atoms with Crippen LogP contribution < -0.4 is 10.6 Å². The lowest BCUT2D eigenvalue weighted by Crippen LogP contribution is -2.15. The molecule has 2 N–H and O–H groups in total. The quantitative estimate of drug-likeness (QED) is 0.523. The third-order valence-corrected chi connectivity index (χ3v) is 5.11. The number of carbonyl (C=O) groups excluding carboxylic acids is 2. The molecule has 0 aliphatic carbocycles. The summed E-state index contributed by atoms with van der Waals surface area (Å²) in [4.78, 5) is 25.2. The zero-order chi connectivity index (χ0) is 19.8. The molecule has 0 spiro atoms. The smallest absolute Gasteiger partial charge is 0.234 e. The molecule has 3 aromatic carbocycles. The minimum Gasteiger partial charge on any atom is -0.326 e. The number of benzene rings is 3. The van der Waals surface area contributed by atoms with Crippen LogP contribution in [0, 0.1) is 0 Å². The third-order valence-electron chi connectivity index (χ3n) is 3.84. The first-order valence-corrected chi connectivity index (χ1v) is 10.1. The summed E-state index contributed by atoms with van der Waals surface area (Å²) in [7, 11) is 0. The zero-order valence-corrected chi connectivity index (χ0v) is 16.6. The normalized spacial score (nSPS) is 10.3. The Balaban J connectivity index is 1.46. The summed E-state index contributed by atoms with van der Waals surface area (Å²) in [5.41, 5.74) is 2.33. The number of hydrogen-bond acceptors (Lipinski definition) is 3. The highest BCUT2D eigenvalue weighted by molar-refractivity contribution is 8.00. The Labute approximate surface area is 173 Å². The van der Waals surface area contributed by atoms with Crippen LogP contribution in [0.15, 0.2) is 83.8 Å². The van der Waals surface area contributed by atoms with Crippen molar-refractivity contribution in [1.29, 1.82) is 0 Å². The zero-order valence-electron chi connectivity index (χ0n) is 15.0. The average molecular weight is 411 g/mol. The van der Waals surface area contributed by atoms with E-state index >= 15 is 0 Å². The van der Waals surface area contributed by atoms with Gasteiger partial charge in [0, 0.05) is 21.3 Å². The molecule has 2 amide bonds. The molecule has 4 nitrogen and oxygen atoms in total. The third kappa shape index (κ3) is 6.44. The Morgan fingerprint density at radius 3 is 1.93 bits per heavy atom. The highest BCUT2D eigenvalue weighted by Crippen LogP contribution is 2.21. The molecule has 0 fully saturated rings. The molecule has 0 aliphatic rings. The predicted octanol–water partition coefficient (Wildman–Crippen LogP) is 5.25. The van der Waals surface area contributed by atoms with Gasteiger partial charge in [-0.2, -0.15) is 0 Å². The molecule has 0 atom stereocenters. The van der Waals surface area contributed by atoms with Crippen LogP contribution in [0.4, 0.5) is 11.4 Å². The predicted molar refractivity (Wildman–Crippen MR) is 116 cm³/mol. The van der Waals surface area contributed by atoms with Crippen molar-refractivity contribution in [3.05, 3.63) is 89.4 Å². The molecular weight excluding hydrogens is 392 g/mol. The minimum atomic E-state index is -0.0965. The molecule has 0 aliphatic heterocycles. The lowest BCUT2D eigenvalue weighted by Gasteiger charge is -2.08. The molecule has 0 radical (unpaired) electrons. The van der Waals surface area contributed by atoms with Crippen molar-refractivity contribution in [3.63, 3.8) is 0 Å². The Bertz CT molecular complexity index is 929. The number of hydrogen-bond donors (Lipinski definition) is 2. The number of halogens is 1. The van der Waals surface area contributed by atoms with E-state index < -0.39 is 0 Å². The van der Waals surface area contributed by atoms with E-state index in [2.05, 4.69) is 10.6 Å². The average Bonchev–Trinajstić information content (AvgIpc) is 2.70. The Hall–Kier alpha value is -2.76. The molecule has 28 heavy (non-hydrogen) atoms. The maximum atomic E-state index is 12.1. The van der Waals surface area contributed by atoms with Crippen LogP contribution in [-0.4, -0.2) is 17.6 Å². The van der Waals surface area contributed by atoms with Gasteiger partial charge in [0.25, 0.3) is 0 Å². The van der Waals surface area contributed by atoms with Gasteiger partial charge in [0.05, 0.1) is 12.2 Å². The molecule has 6 heteroatoms. The minimum absolute atomic E-state index is 0.0812. The van der Waals surface area contributed by atoms with Gasteiger partial charge in [-0.05, 0) is 54.1 Å². The highest BCUT2D eigenvalue weighted by Gasteiger charge is 2.06. The molecule has 0 saturated heterocycles. The van der Waals surface area contributed by atoms with E-state index in [4.69, 9.17) is 11.6 Å². The SMILES string of the molecule is O=C(CSc1ccc(Cl)cc1)Nc1ccc(NC(=O)Cc2ccccc2)cc1. The van der Waals surface area contributed by atoms with E-state index in [1.165, 1.54) is 11.8 Å². The van der Waals surface area contributed by atoms with E-state index in [-0.39, 0.29) is 11.8 Å². The molecule has 0 aromatic heterocycles. The van der Waals surface area contributed by atoms with Crippen molar-refractivity contribution in [2.24, 2.45) is 0 Å². The van der Waals surface area contributed by atoms with Crippen LogP contribution in [0.25, 0.3) is 0 Å². The van der Waals surface area contributed by atoms with Gasteiger partial charge in [-0.15, -0.1) is 11.8 Å². The van der Waals surface area contributed by atoms with Gasteiger partial charge in [0.2, 0.25) is 11.8 Å². The second-order valence-corrected chi connectivity index (χ2v) is 7.56. The summed E-state index contributed by atoms with van der Waals surface area (Å²) in [6, 6.07) is 24.0. The number of rotatable bonds is 7. The van der Waals surface area contributed by atoms with Gasteiger partial charge in [-0.1, -0.05) is 41.9 Å². The van der Waals surface area contributed by atoms with Crippen molar-refractivity contribution in [3.8, 4) is 0 Å². The standard InChI is InChI=1S/C22H19ClN2O2S/c23-17-6-12-20(13-7-17)28-15-22(27)25-19-10-8-18(9-11-19)24-21(26)14-16-4-2-1-3-5-16/h1-13H,14-15H2,(H,24,26)(H,25,27). The molecule has 0 unspecified atom stereocenters. The molecule has 0 bridgehead atoms. The fourth-order valence-electron chi connectivity index (χ4n) is 2.50. The number of nitrogens with one attached hydrogen (secondary N) is 2. The summed E-state index contributed by atoms with van der Waals surface area (Å²) < 4.78 is 0. The highest BCUT2D eigenvalue weighted by atomic mass is 35.5. The van der Waals surface area contributed by atoms with Gasteiger partial charge < -0.3 is 10.6 Å². The van der Waals surface area contributed by atoms with Crippen molar-refractivity contribution in [2.45, 2.75) is 11.3 Å². The summed E-state index contributed by atoms with van der Waals surface area (Å²) in [5.74, 6) is 0.125. The Morgan fingerprint density at radius 1 is 0.750 bits per heavy atom. The first-order chi connectivity index (χ1) is 13.6. The van der Waals surface area contributed by atoms with Gasteiger partial charge in [0.15, 0.2) is 0 Å². The maximum Gasteiger partial charge on any atom is 0.234 e. The fraction of sp³-hybridized carbons (Fsp3) is 0.0909. The van der Waals surface area contributed by atoms with E-state index in [0.717, 1.165) is 10.5 Å². The van der Waals surface area contributed by atoms with E-state index in [9.17, 15) is 9.59 Å². The van der Waals surface area contributed by atoms with E-state index in [0.29, 0.717) is 28.6 Å². The lowest BCUT2D eigenvalue weighted by atomic mass is 10.1. The van der Waals surface area contributed by atoms with Crippen molar-refractivity contribution >= 4 is 46.6 Å². The van der Waals surface area contributed by atoms with E-state index in [1.807, 2.05) is 42.5 Å². The molecule has 3 rings (SSSR count). The lowest BCUT2D eigenvalue weighted by molar-refractivity contribution is -0.115. The molecule has 0 saturated carbocycles. The monoisotopic (exact) mass is 410 g/mol. The summed E-state index contributed by atoms with van der Waals surface area (Å²) in [6.45, 7) is 0. The van der Waals surface area contributed by atoms with Crippen molar-refractivity contribution in [2.75, 3.05) is 16.4 Å². The second-order valence-electron chi connectivity index (χ2n) is 6.08. The summed E-state index contributed by atoms with van der Waals surface area (Å²) >= 11 is 7.29. The molecule has 142 valence electrons. The first kappa shape index (κ1) is 20.0. The maximum absolute atomic E-state index is 12.1. The first-order valence-electron chi connectivity index (χ1n) is 8.70. The van der Waals surface area contributed by atoms with E-state index in [1.54, 1.807) is 36.4 Å². The molecule has 0 heterocycles. The fourth-order valence-corrected chi connectivity index (χ4v) is 3.32.